The lowest BCUT2D eigenvalue weighted by Gasteiger charge is -2.09. The maximum Gasteiger partial charge on any atom is 0.223 e. The number of aromatic nitrogens is 2. The molecule has 0 fully saturated rings. The molecule has 2 aromatic heterocycles. The van der Waals surface area contributed by atoms with Crippen LogP contribution in [-0.2, 0) is 6.42 Å². The van der Waals surface area contributed by atoms with Crippen molar-refractivity contribution in [3.05, 3.63) is 38.6 Å². The molecule has 0 spiro atoms. The van der Waals surface area contributed by atoms with Crippen LogP contribution in [0.5, 0.6) is 0 Å². The molecule has 1 aromatic carbocycles. The number of hydrogen-bond donors (Lipinski definition) is 2. The van der Waals surface area contributed by atoms with Crippen molar-refractivity contribution in [3.63, 3.8) is 0 Å². The number of aryl methyl sites for hydroxylation is 1. The van der Waals surface area contributed by atoms with E-state index in [-0.39, 0.29) is 5.95 Å². The quantitative estimate of drug-likeness (QED) is 0.668. The molecule has 3 N–H and O–H groups in total. The molecule has 0 aliphatic heterocycles. The van der Waals surface area contributed by atoms with E-state index in [0.717, 1.165) is 26.8 Å². The molecular weight excluding hydrogens is 372 g/mol. The van der Waals surface area contributed by atoms with Crippen LogP contribution >= 0.6 is 38.9 Å². The van der Waals surface area contributed by atoms with Gasteiger partial charge in [-0.3, -0.25) is 0 Å². The van der Waals surface area contributed by atoms with Gasteiger partial charge in [0.2, 0.25) is 5.95 Å². The summed E-state index contributed by atoms with van der Waals surface area (Å²) >= 11 is 11.1. The van der Waals surface area contributed by atoms with Crippen LogP contribution in [0.15, 0.2) is 28.7 Å². The van der Waals surface area contributed by atoms with Gasteiger partial charge in [-0.1, -0.05) is 18.5 Å². The predicted molar refractivity (Wildman–Crippen MR) is 93.6 cm³/mol. The van der Waals surface area contributed by atoms with E-state index in [4.69, 9.17) is 17.3 Å². The first kappa shape index (κ1) is 14.6. The number of nitrogens with two attached hydrogens (primary N) is 1. The fourth-order valence-electron chi connectivity index (χ4n) is 1.98. The number of hydrogen-bond acceptors (Lipinski definition) is 5. The number of nitrogen functional groups attached to an aromatic ring is 1. The fourth-order valence-corrected chi connectivity index (χ4v) is 3.73. The van der Waals surface area contributed by atoms with Crippen molar-refractivity contribution in [2.75, 3.05) is 11.1 Å². The summed E-state index contributed by atoms with van der Waals surface area (Å²) in [7, 11) is 0. The monoisotopic (exact) mass is 382 g/mol. The van der Waals surface area contributed by atoms with Gasteiger partial charge in [0.25, 0.3) is 0 Å². The normalized spacial score (nSPS) is 11.0. The molecule has 0 aliphatic carbocycles. The van der Waals surface area contributed by atoms with Crippen LogP contribution in [-0.4, -0.2) is 9.97 Å². The van der Waals surface area contributed by atoms with Gasteiger partial charge in [0.1, 0.15) is 10.6 Å². The van der Waals surface area contributed by atoms with Gasteiger partial charge in [0.05, 0.1) is 11.1 Å². The minimum absolute atomic E-state index is 0.264. The third-order valence-corrected chi connectivity index (χ3v) is 5.06. The van der Waals surface area contributed by atoms with E-state index in [1.807, 2.05) is 18.2 Å². The molecule has 0 unspecified atom stereocenters. The first-order valence-corrected chi connectivity index (χ1v) is 8.33. The topological polar surface area (TPSA) is 63.8 Å². The first-order valence-electron chi connectivity index (χ1n) is 6.35. The molecule has 0 amide bonds. The standard InChI is InChI=1S/C14H12BrClN4S/c1-2-8-6-9-12(19-14(17)20-13(9)21-8)18-11-4-3-7(16)5-10(11)15/h3-6H,2H2,1H3,(H3,17,18,19,20). The molecule has 7 heteroatoms. The highest BCUT2D eigenvalue weighted by Crippen LogP contribution is 2.34. The minimum Gasteiger partial charge on any atom is -0.368 e. The summed E-state index contributed by atoms with van der Waals surface area (Å²) < 4.78 is 0.867. The minimum atomic E-state index is 0.264. The SMILES string of the molecule is CCc1cc2c(Nc3ccc(Cl)cc3Br)nc(N)nc2s1. The largest absolute Gasteiger partial charge is 0.368 e. The van der Waals surface area contributed by atoms with Crippen LogP contribution < -0.4 is 11.1 Å². The maximum absolute atomic E-state index is 5.96. The second kappa shape index (κ2) is 5.79. The lowest BCUT2D eigenvalue weighted by Crippen LogP contribution is -2.00. The summed E-state index contributed by atoms with van der Waals surface area (Å²) in [5.74, 6) is 0.969. The van der Waals surface area contributed by atoms with E-state index in [9.17, 15) is 0 Å². The van der Waals surface area contributed by atoms with Crippen LogP contribution in [0.3, 0.4) is 0 Å². The molecule has 2 heterocycles. The Hall–Kier alpha value is -1.37. The van der Waals surface area contributed by atoms with Gasteiger partial charge in [-0.05, 0) is 46.6 Å². The van der Waals surface area contributed by atoms with Crippen molar-refractivity contribution in [2.24, 2.45) is 0 Å². The Bertz CT molecular complexity index is 818. The number of anilines is 3. The molecule has 3 aromatic rings. The van der Waals surface area contributed by atoms with E-state index >= 15 is 0 Å². The Morgan fingerprint density at radius 3 is 2.86 bits per heavy atom. The number of nitrogens with one attached hydrogen (secondary N) is 1. The Kier molecular flexibility index (Phi) is 4.01. The van der Waals surface area contributed by atoms with Gasteiger partial charge in [-0.15, -0.1) is 11.3 Å². The predicted octanol–water partition coefficient (Wildman–Crippen LogP) is 5.00. The lowest BCUT2D eigenvalue weighted by atomic mass is 10.3. The zero-order valence-corrected chi connectivity index (χ0v) is 14.3. The van der Waals surface area contributed by atoms with Crippen molar-refractivity contribution in [3.8, 4) is 0 Å². The van der Waals surface area contributed by atoms with Gasteiger partial charge >= 0.3 is 0 Å². The van der Waals surface area contributed by atoms with E-state index < -0.39 is 0 Å². The molecule has 3 rings (SSSR count). The zero-order valence-electron chi connectivity index (χ0n) is 11.2. The molecule has 21 heavy (non-hydrogen) atoms. The second-order valence-electron chi connectivity index (χ2n) is 4.46. The Morgan fingerprint density at radius 2 is 2.14 bits per heavy atom. The number of benzene rings is 1. The van der Waals surface area contributed by atoms with Crippen molar-refractivity contribution < 1.29 is 0 Å². The van der Waals surface area contributed by atoms with Crippen molar-refractivity contribution in [1.29, 1.82) is 0 Å². The smallest absolute Gasteiger partial charge is 0.223 e. The summed E-state index contributed by atoms with van der Waals surface area (Å²) in [6, 6.07) is 7.65. The average Bonchev–Trinajstić information content (AvgIpc) is 2.85. The van der Waals surface area contributed by atoms with E-state index in [0.29, 0.717) is 10.8 Å². The molecule has 0 saturated heterocycles. The number of thiophene rings is 1. The first-order chi connectivity index (χ1) is 10.1. The molecule has 108 valence electrons. The molecule has 0 bridgehead atoms. The summed E-state index contributed by atoms with van der Waals surface area (Å²) in [6.45, 7) is 2.12. The molecule has 4 nitrogen and oxygen atoms in total. The third kappa shape index (κ3) is 2.97. The third-order valence-electron chi connectivity index (χ3n) is 2.99. The number of nitrogens with zero attached hydrogens (tertiary/aromatic N) is 2. The highest BCUT2D eigenvalue weighted by atomic mass is 79.9. The van der Waals surface area contributed by atoms with Crippen molar-refractivity contribution in [2.45, 2.75) is 13.3 Å². The lowest BCUT2D eigenvalue weighted by molar-refractivity contribution is 1.19. The Labute approximate surface area is 139 Å². The summed E-state index contributed by atoms with van der Waals surface area (Å²) in [5, 5.41) is 4.94. The van der Waals surface area contributed by atoms with Crippen LogP contribution in [0.4, 0.5) is 17.5 Å². The molecular formula is C14H12BrClN4S. The highest BCUT2D eigenvalue weighted by molar-refractivity contribution is 9.10. The van der Waals surface area contributed by atoms with Gasteiger partial charge in [0.15, 0.2) is 0 Å². The van der Waals surface area contributed by atoms with E-state index in [1.165, 1.54) is 4.88 Å². The highest BCUT2D eigenvalue weighted by Gasteiger charge is 2.11. The Balaban J connectivity index is 2.08. The van der Waals surface area contributed by atoms with Crippen molar-refractivity contribution in [1.82, 2.24) is 9.97 Å². The van der Waals surface area contributed by atoms with Crippen LogP contribution in [0.1, 0.15) is 11.8 Å². The van der Waals surface area contributed by atoms with Gasteiger partial charge in [-0.2, -0.15) is 4.98 Å². The van der Waals surface area contributed by atoms with Gasteiger partial charge in [-0.25, -0.2) is 4.98 Å². The van der Waals surface area contributed by atoms with Crippen LogP contribution in [0, 0.1) is 0 Å². The van der Waals surface area contributed by atoms with Crippen LogP contribution in [0.25, 0.3) is 10.2 Å². The van der Waals surface area contributed by atoms with E-state index in [2.05, 4.69) is 44.2 Å². The van der Waals surface area contributed by atoms with Gasteiger partial charge < -0.3 is 11.1 Å². The Morgan fingerprint density at radius 1 is 1.33 bits per heavy atom. The second-order valence-corrected chi connectivity index (χ2v) is 6.87. The number of fused-ring (bicyclic) bond motifs is 1. The fraction of sp³-hybridized carbons (Fsp3) is 0.143. The maximum atomic E-state index is 5.96. The molecule has 0 radical (unpaired) electrons. The van der Waals surface area contributed by atoms with Crippen LogP contribution in [0.2, 0.25) is 5.02 Å². The zero-order chi connectivity index (χ0) is 15.0. The molecule has 0 atom stereocenters. The molecule has 0 saturated carbocycles. The number of rotatable bonds is 3. The van der Waals surface area contributed by atoms with Gasteiger partial charge in [0, 0.05) is 14.4 Å². The summed E-state index contributed by atoms with van der Waals surface area (Å²) in [5.41, 5.74) is 6.68. The van der Waals surface area contributed by atoms with E-state index in [1.54, 1.807) is 11.3 Å². The summed E-state index contributed by atoms with van der Waals surface area (Å²) in [6.07, 6.45) is 0.963. The molecule has 0 aliphatic rings. The van der Waals surface area contributed by atoms with Crippen molar-refractivity contribution >= 4 is 66.5 Å². The average molecular weight is 384 g/mol. The summed E-state index contributed by atoms with van der Waals surface area (Å²) in [4.78, 5) is 10.8. The number of halogens is 2.